The van der Waals surface area contributed by atoms with E-state index in [-0.39, 0.29) is 6.04 Å². The van der Waals surface area contributed by atoms with Crippen LogP contribution in [0.1, 0.15) is 24.7 Å². The molecule has 0 spiro atoms. The second-order valence-corrected chi connectivity index (χ2v) is 5.77. The third kappa shape index (κ3) is 2.46. The summed E-state index contributed by atoms with van der Waals surface area (Å²) >= 11 is 0. The summed E-state index contributed by atoms with van der Waals surface area (Å²) < 4.78 is 12.5. The highest BCUT2D eigenvalue weighted by Crippen LogP contribution is 2.31. The van der Waals surface area contributed by atoms with Crippen molar-refractivity contribution in [3.63, 3.8) is 0 Å². The maximum atomic E-state index is 5.38. The van der Waals surface area contributed by atoms with Crippen LogP contribution in [-0.2, 0) is 0 Å². The standard InChI is InChI=1S/C17H19N5O2/c1-23-14-7-5-11(10-15(14)24-2)12-6-8-16-19-20-17(22(16)21-12)13-4-3-9-18-13/h5-8,10,13,18H,3-4,9H2,1-2H3. The zero-order chi connectivity index (χ0) is 16.5. The van der Waals surface area contributed by atoms with Crippen LogP contribution < -0.4 is 14.8 Å². The Balaban J connectivity index is 1.78. The lowest BCUT2D eigenvalue weighted by Crippen LogP contribution is -2.16. The van der Waals surface area contributed by atoms with E-state index in [9.17, 15) is 0 Å². The Morgan fingerprint density at radius 1 is 1.08 bits per heavy atom. The van der Waals surface area contributed by atoms with E-state index in [1.54, 1.807) is 14.2 Å². The molecule has 2 aromatic heterocycles. The molecule has 0 aliphatic carbocycles. The first kappa shape index (κ1) is 14.9. The van der Waals surface area contributed by atoms with Crippen molar-refractivity contribution in [1.82, 2.24) is 25.1 Å². The van der Waals surface area contributed by atoms with Crippen LogP contribution in [0.25, 0.3) is 16.9 Å². The molecule has 1 fully saturated rings. The molecule has 1 aromatic carbocycles. The Labute approximate surface area is 139 Å². The third-order valence-electron chi connectivity index (χ3n) is 4.34. The summed E-state index contributed by atoms with van der Waals surface area (Å²) in [7, 11) is 3.25. The Morgan fingerprint density at radius 3 is 2.71 bits per heavy atom. The van der Waals surface area contributed by atoms with Crippen molar-refractivity contribution in [2.45, 2.75) is 18.9 Å². The molecule has 24 heavy (non-hydrogen) atoms. The molecule has 0 saturated carbocycles. The normalized spacial score (nSPS) is 17.3. The van der Waals surface area contributed by atoms with Gasteiger partial charge in [-0.2, -0.15) is 9.61 Å². The average Bonchev–Trinajstić information content (AvgIpc) is 3.29. The molecule has 0 bridgehead atoms. The Kier molecular flexibility index (Phi) is 3.78. The molecule has 7 nitrogen and oxygen atoms in total. The van der Waals surface area contributed by atoms with Crippen LogP contribution in [0.15, 0.2) is 30.3 Å². The third-order valence-corrected chi connectivity index (χ3v) is 4.34. The maximum absolute atomic E-state index is 5.38. The largest absolute Gasteiger partial charge is 0.493 e. The van der Waals surface area contributed by atoms with Gasteiger partial charge in [-0.25, -0.2) is 0 Å². The summed E-state index contributed by atoms with van der Waals surface area (Å²) in [5, 5.41) is 16.7. The number of rotatable bonds is 4. The van der Waals surface area contributed by atoms with Crippen molar-refractivity contribution in [1.29, 1.82) is 0 Å². The van der Waals surface area contributed by atoms with E-state index in [0.29, 0.717) is 11.5 Å². The summed E-state index contributed by atoms with van der Waals surface area (Å²) in [6.45, 7) is 1.01. The van der Waals surface area contributed by atoms with Crippen LogP contribution in [0.4, 0.5) is 0 Å². The first-order valence-electron chi connectivity index (χ1n) is 7.98. The predicted molar refractivity (Wildman–Crippen MR) is 89.3 cm³/mol. The topological polar surface area (TPSA) is 73.6 Å². The van der Waals surface area contributed by atoms with Crippen molar-refractivity contribution in [2.75, 3.05) is 20.8 Å². The van der Waals surface area contributed by atoms with Gasteiger partial charge in [-0.05, 0) is 49.7 Å². The van der Waals surface area contributed by atoms with Crippen LogP contribution in [0.3, 0.4) is 0 Å². The molecule has 3 heterocycles. The van der Waals surface area contributed by atoms with Gasteiger partial charge in [0.05, 0.1) is 26.0 Å². The smallest absolute Gasteiger partial charge is 0.178 e. The van der Waals surface area contributed by atoms with Crippen molar-refractivity contribution < 1.29 is 9.47 Å². The fraction of sp³-hybridized carbons (Fsp3) is 0.353. The number of ether oxygens (including phenoxy) is 2. The zero-order valence-corrected chi connectivity index (χ0v) is 13.7. The van der Waals surface area contributed by atoms with Crippen molar-refractivity contribution >= 4 is 5.65 Å². The van der Waals surface area contributed by atoms with E-state index < -0.39 is 0 Å². The van der Waals surface area contributed by atoms with Crippen LogP contribution in [-0.4, -0.2) is 40.6 Å². The average molecular weight is 325 g/mol. The Hall–Kier alpha value is -2.67. The van der Waals surface area contributed by atoms with E-state index >= 15 is 0 Å². The van der Waals surface area contributed by atoms with Crippen LogP contribution in [0.5, 0.6) is 11.5 Å². The van der Waals surface area contributed by atoms with Gasteiger partial charge in [0.2, 0.25) is 0 Å². The Bertz CT molecular complexity index is 871. The summed E-state index contributed by atoms with van der Waals surface area (Å²) in [6.07, 6.45) is 2.21. The summed E-state index contributed by atoms with van der Waals surface area (Å²) in [5.74, 6) is 2.24. The molecule has 1 unspecified atom stereocenters. The SMILES string of the molecule is COc1ccc(-c2ccc3nnc(C4CCCN4)n3n2)cc1OC. The molecular weight excluding hydrogens is 306 g/mol. The molecule has 1 aliphatic heterocycles. The molecule has 1 aliphatic rings. The van der Waals surface area contributed by atoms with Gasteiger partial charge < -0.3 is 14.8 Å². The summed E-state index contributed by atoms with van der Waals surface area (Å²) in [4.78, 5) is 0. The minimum atomic E-state index is 0.216. The van der Waals surface area contributed by atoms with Gasteiger partial charge in [0.1, 0.15) is 0 Å². The van der Waals surface area contributed by atoms with Crippen molar-refractivity contribution in [2.24, 2.45) is 0 Å². The highest BCUT2D eigenvalue weighted by atomic mass is 16.5. The van der Waals surface area contributed by atoms with Crippen LogP contribution in [0, 0.1) is 0 Å². The summed E-state index contributed by atoms with van der Waals surface area (Å²) in [5.41, 5.74) is 2.54. The first-order valence-corrected chi connectivity index (χ1v) is 7.98. The zero-order valence-electron chi connectivity index (χ0n) is 13.7. The first-order chi connectivity index (χ1) is 11.8. The number of aromatic nitrogens is 4. The maximum Gasteiger partial charge on any atom is 0.178 e. The van der Waals surface area contributed by atoms with E-state index in [1.807, 2.05) is 34.8 Å². The molecule has 0 radical (unpaired) electrons. The summed E-state index contributed by atoms with van der Waals surface area (Å²) in [6, 6.07) is 9.86. The van der Waals surface area contributed by atoms with E-state index in [0.717, 1.165) is 42.1 Å². The van der Waals surface area contributed by atoms with Crippen LogP contribution >= 0.6 is 0 Å². The second-order valence-electron chi connectivity index (χ2n) is 5.77. The molecule has 4 rings (SSSR count). The van der Waals surface area contributed by atoms with Gasteiger partial charge in [0.15, 0.2) is 23.0 Å². The van der Waals surface area contributed by atoms with Gasteiger partial charge in [-0.3, -0.25) is 0 Å². The fourth-order valence-electron chi connectivity index (χ4n) is 3.08. The van der Waals surface area contributed by atoms with Gasteiger partial charge in [0, 0.05) is 5.56 Å². The van der Waals surface area contributed by atoms with Gasteiger partial charge in [-0.15, -0.1) is 10.2 Å². The minimum absolute atomic E-state index is 0.216. The molecule has 1 atom stereocenters. The van der Waals surface area contributed by atoms with E-state index in [4.69, 9.17) is 14.6 Å². The Morgan fingerprint density at radius 2 is 1.96 bits per heavy atom. The molecular formula is C17H19N5O2. The van der Waals surface area contributed by atoms with Gasteiger partial charge in [-0.1, -0.05) is 0 Å². The second kappa shape index (κ2) is 6.09. The lowest BCUT2D eigenvalue weighted by molar-refractivity contribution is 0.355. The molecule has 124 valence electrons. The predicted octanol–water partition coefficient (Wildman–Crippen LogP) is 2.23. The van der Waals surface area contributed by atoms with Crippen molar-refractivity contribution in [3.8, 4) is 22.8 Å². The van der Waals surface area contributed by atoms with Crippen molar-refractivity contribution in [3.05, 3.63) is 36.2 Å². The fourth-order valence-corrected chi connectivity index (χ4v) is 3.08. The number of benzene rings is 1. The van der Waals surface area contributed by atoms with Gasteiger partial charge in [0.25, 0.3) is 0 Å². The number of fused-ring (bicyclic) bond motifs is 1. The van der Waals surface area contributed by atoms with E-state index in [2.05, 4.69) is 15.5 Å². The lowest BCUT2D eigenvalue weighted by Gasteiger charge is -2.10. The number of nitrogens with zero attached hydrogens (tertiary/aromatic N) is 4. The number of nitrogens with one attached hydrogen (secondary N) is 1. The van der Waals surface area contributed by atoms with Crippen LogP contribution in [0.2, 0.25) is 0 Å². The molecule has 3 aromatic rings. The molecule has 7 heteroatoms. The quantitative estimate of drug-likeness (QED) is 0.793. The lowest BCUT2D eigenvalue weighted by atomic mass is 10.1. The monoisotopic (exact) mass is 325 g/mol. The number of hydrogen-bond donors (Lipinski definition) is 1. The number of hydrogen-bond acceptors (Lipinski definition) is 6. The molecule has 1 saturated heterocycles. The molecule has 0 amide bonds. The number of methoxy groups -OCH3 is 2. The van der Waals surface area contributed by atoms with Gasteiger partial charge >= 0.3 is 0 Å². The molecule has 1 N–H and O–H groups in total. The highest BCUT2D eigenvalue weighted by molar-refractivity contribution is 5.64. The minimum Gasteiger partial charge on any atom is -0.493 e. The van der Waals surface area contributed by atoms with E-state index in [1.165, 1.54) is 0 Å². The highest BCUT2D eigenvalue weighted by Gasteiger charge is 2.22.